The fraction of sp³-hybridized carbons (Fsp3) is 0.133. The Kier molecular flexibility index (Phi) is 4.94. The summed E-state index contributed by atoms with van der Waals surface area (Å²) >= 11 is 11.8. The van der Waals surface area contributed by atoms with E-state index in [1.807, 2.05) is 12.1 Å². The van der Waals surface area contributed by atoms with Gasteiger partial charge in [-0.25, -0.2) is 0 Å². The van der Waals surface area contributed by atoms with E-state index in [0.717, 1.165) is 5.69 Å². The van der Waals surface area contributed by atoms with Crippen LogP contribution in [-0.4, -0.2) is 11.0 Å². The molecule has 2 aromatic carbocycles. The molecule has 0 aromatic heterocycles. The van der Waals surface area contributed by atoms with E-state index in [1.165, 1.54) is 13.0 Å². The van der Waals surface area contributed by atoms with Crippen molar-refractivity contribution in [3.8, 4) is 5.75 Å². The summed E-state index contributed by atoms with van der Waals surface area (Å²) < 4.78 is 0. The maximum Gasteiger partial charge on any atom is 0.221 e. The van der Waals surface area contributed by atoms with Gasteiger partial charge >= 0.3 is 0 Å². The molecule has 0 bridgehead atoms. The van der Waals surface area contributed by atoms with Crippen LogP contribution in [0.25, 0.3) is 0 Å². The molecule has 0 heterocycles. The van der Waals surface area contributed by atoms with Gasteiger partial charge in [0.2, 0.25) is 5.91 Å². The highest BCUT2D eigenvalue weighted by Crippen LogP contribution is 2.31. The molecule has 0 fully saturated rings. The maximum atomic E-state index is 11.0. The SMILES string of the molecule is CC(=O)Nc1cccc(NCc2cc(Cl)cc(Cl)c2O)c1. The third-order valence-corrected chi connectivity index (χ3v) is 3.28. The number of halogens is 2. The van der Waals surface area contributed by atoms with Crippen molar-refractivity contribution in [2.24, 2.45) is 0 Å². The van der Waals surface area contributed by atoms with Gasteiger partial charge in [0.1, 0.15) is 5.75 Å². The van der Waals surface area contributed by atoms with Gasteiger partial charge in [0.25, 0.3) is 0 Å². The largest absolute Gasteiger partial charge is 0.506 e. The van der Waals surface area contributed by atoms with Gasteiger partial charge in [-0.05, 0) is 30.3 Å². The Balaban J connectivity index is 2.11. The second-order valence-corrected chi connectivity index (χ2v) is 5.35. The summed E-state index contributed by atoms with van der Waals surface area (Å²) in [5.74, 6) is -0.127. The van der Waals surface area contributed by atoms with Crippen molar-refractivity contribution in [3.05, 3.63) is 52.0 Å². The normalized spacial score (nSPS) is 10.2. The molecular weight excluding hydrogens is 311 g/mol. The lowest BCUT2D eigenvalue weighted by Gasteiger charge is -2.11. The lowest BCUT2D eigenvalue weighted by Crippen LogP contribution is -2.06. The average Bonchev–Trinajstić information content (AvgIpc) is 2.41. The number of amides is 1. The van der Waals surface area contributed by atoms with Gasteiger partial charge in [0.15, 0.2) is 0 Å². The van der Waals surface area contributed by atoms with Crippen LogP contribution in [0.4, 0.5) is 11.4 Å². The second-order valence-electron chi connectivity index (χ2n) is 4.51. The van der Waals surface area contributed by atoms with E-state index < -0.39 is 0 Å². The highest BCUT2D eigenvalue weighted by Gasteiger charge is 2.08. The zero-order chi connectivity index (χ0) is 15.4. The van der Waals surface area contributed by atoms with Gasteiger partial charge in [-0.15, -0.1) is 0 Å². The molecule has 110 valence electrons. The highest BCUT2D eigenvalue weighted by atomic mass is 35.5. The number of carbonyl (C=O) groups is 1. The first-order valence-corrected chi connectivity index (χ1v) is 6.99. The summed E-state index contributed by atoms with van der Waals surface area (Å²) in [5.41, 5.74) is 2.09. The van der Waals surface area contributed by atoms with Crippen LogP contribution in [0.5, 0.6) is 5.75 Å². The maximum absolute atomic E-state index is 11.0. The number of anilines is 2. The minimum absolute atomic E-state index is 0.00609. The van der Waals surface area contributed by atoms with Gasteiger partial charge in [-0.1, -0.05) is 29.3 Å². The fourth-order valence-corrected chi connectivity index (χ4v) is 2.40. The number of hydrogen-bond donors (Lipinski definition) is 3. The minimum atomic E-state index is -0.133. The first kappa shape index (κ1) is 15.5. The number of hydrogen-bond acceptors (Lipinski definition) is 3. The molecule has 0 atom stereocenters. The van der Waals surface area contributed by atoms with Crippen LogP contribution in [0, 0.1) is 0 Å². The van der Waals surface area contributed by atoms with E-state index in [-0.39, 0.29) is 16.7 Å². The summed E-state index contributed by atoms with van der Waals surface area (Å²) in [6, 6.07) is 10.4. The molecular formula is C15H14Cl2N2O2. The summed E-state index contributed by atoms with van der Waals surface area (Å²) in [6.07, 6.45) is 0. The van der Waals surface area contributed by atoms with Crippen LogP contribution in [0.15, 0.2) is 36.4 Å². The number of phenolic OH excluding ortho intramolecular Hbond substituents is 1. The molecule has 0 radical (unpaired) electrons. The molecule has 21 heavy (non-hydrogen) atoms. The molecule has 2 rings (SSSR count). The Bertz CT molecular complexity index is 675. The molecule has 0 saturated heterocycles. The standard InChI is InChI=1S/C15H14Cl2N2O2/c1-9(20)19-13-4-2-3-12(7-13)18-8-10-5-11(16)6-14(17)15(10)21/h2-7,18,21H,8H2,1H3,(H,19,20). The molecule has 0 aliphatic rings. The van der Waals surface area contributed by atoms with Gasteiger partial charge in [-0.3, -0.25) is 4.79 Å². The van der Waals surface area contributed by atoms with Crippen molar-refractivity contribution in [2.75, 3.05) is 10.6 Å². The Morgan fingerprint density at radius 1 is 1.19 bits per heavy atom. The molecule has 0 spiro atoms. The Hall–Kier alpha value is -1.91. The molecule has 4 nitrogen and oxygen atoms in total. The van der Waals surface area contributed by atoms with Crippen molar-refractivity contribution >= 4 is 40.5 Å². The van der Waals surface area contributed by atoms with Crippen LogP contribution in [0.1, 0.15) is 12.5 Å². The van der Waals surface area contributed by atoms with Crippen LogP contribution >= 0.6 is 23.2 Å². The second kappa shape index (κ2) is 6.70. The van der Waals surface area contributed by atoms with Crippen molar-refractivity contribution in [3.63, 3.8) is 0 Å². The van der Waals surface area contributed by atoms with Crippen molar-refractivity contribution in [1.29, 1.82) is 0 Å². The third-order valence-electron chi connectivity index (χ3n) is 2.77. The Morgan fingerprint density at radius 2 is 1.90 bits per heavy atom. The first-order valence-electron chi connectivity index (χ1n) is 6.24. The average molecular weight is 325 g/mol. The van der Waals surface area contributed by atoms with Crippen LogP contribution in [0.2, 0.25) is 10.0 Å². The summed E-state index contributed by atoms with van der Waals surface area (Å²) in [5, 5.41) is 16.4. The number of aromatic hydroxyl groups is 1. The monoisotopic (exact) mass is 324 g/mol. The summed E-state index contributed by atoms with van der Waals surface area (Å²) in [6.45, 7) is 1.81. The lowest BCUT2D eigenvalue weighted by atomic mass is 10.2. The predicted molar refractivity (Wildman–Crippen MR) is 86.2 cm³/mol. The Labute approximate surface area is 132 Å². The smallest absolute Gasteiger partial charge is 0.221 e. The minimum Gasteiger partial charge on any atom is -0.506 e. The topological polar surface area (TPSA) is 61.4 Å². The van der Waals surface area contributed by atoms with Crippen LogP contribution < -0.4 is 10.6 Å². The quantitative estimate of drug-likeness (QED) is 0.787. The van der Waals surface area contributed by atoms with Gasteiger partial charge in [-0.2, -0.15) is 0 Å². The number of nitrogens with one attached hydrogen (secondary N) is 2. The molecule has 0 aliphatic heterocycles. The van der Waals surface area contributed by atoms with Crippen molar-refractivity contribution in [2.45, 2.75) is 13.5 Å². The predicted octanol–water partition coefficient (Wildman–Crippen LogP) is 4.27. The molecule has 0 unspecified atom stereocenters. The molecule has 0 aliphatic carbocycles. The van der Waals surface area contributed by atoms with Crippen molar-refractivity contribution < 1.29 is 9.90 Å². The molecule has 3 N–H and O–H groups in total. The molecule has 1 amide bonds. The van der Waals surface area contributed by atoms with Crippen LogP contribution in [0.3, 0.4) is 0 Å². The molecule has 0 saturated carbocycles. The number of rotatable bonds is 4. The summed E-state index contributed by atoms with van der Waals surface area (Å²) in [4.78, 5) is 11.0. The Morgan fingerprint density at radius 3 is 2.62 bits per heavy atom. The molecule has 2 aromatic rings. The van der Waals surface area contributed by atoms with Crippen molar-refractivity contribution in [1.82, 2.24) is 0 Å². The van der Waals surface area contributed by atoms with E-state index in [1.54, 1.807) is 18.2 Å². The summed E-state index contributed by atoms with van der Waals surface area (Å²) in [7, 11) is 0. The van der Waals surface area contributed by atoms with E-state index in [0.29, 0.717) is 22.8 Å². The van der Waals surface area contributed by atoms with Gasteiger partial charge in [0, 0.05) is 35.4 Å². The number of benzene rings is 2. The van der Waals surface area contributed by atoms with Gasteiger partial charge < -0.3 is 15.7 Å². The van der Waals surface area contributed by atoms with E-state index in [4.69, 9.17) is 23.2 Å². The van der Waals surface area contributed by atoms with E-state index in [9.17, 15) is 9.90 Å². The van der Waals surface area contributed by atoms with E-state index in [2.05, 4.69) is 10.6 Å². The zero-order valence-electron chi connectivity index (χ0n) is 11.3. The van der Waals surface area contributed by atoms with Crippen LogP contribution in [-0.2, 0) is 11.3 Å². The highest BCUT2D eigenvalue weighted by molar-refractivity contribution is 6.35. The number of phenols is 1. The first-order chi connectivity index (χ1) is 9.95. The zero-order valence-corrected chi connectivity index (χ0v) is 12.8. The van der Waals surface area contributed by atoms with E-state index >= 15 is 0 Å². The third kappa shape index (κ3) is 4.28. The van der Waals surface area contributed by atoms with Gasteiger partial charge in [0.05, 0.1) is 5.02 Å². The fourth-order valence-electron chi connectivity index (χ4n) is 1.86. The molecule has 6 heteroatoms. The number of carbonyl (C=O) groups excluding carboxylic acids is 1. The lowest BCUT2D eigenvalue weighted by molar-refractivity contribution is -0.114.